The first-order valence-electron chi connectivity index (χ1n) is 4.46. The second-order valence-electron chi connectivity index (χ2n) is 3.66. The maximum atomic E-state index is 8.91. The van der Waals surface area contributed by atoms with E-state index in [-0.39, 0.29) is 0 Å². The van der Waals surface area contributed by atoms with Crippen LogP contribution in [0.15, 0.2) is 5.16 Å². The second-order valence-corrected chi connectivity index (χ2v) is 5.09. The summed E-state index contributed by atoms with van der Waals surface area (Å²) in [4.78, 5) is 2.66. The fourth-order valence-corrected chi connectivity index (χ4v) is 3.21. The van der Waals surface area contributed by atoms with E-state index in [0.717, 1.165) is 12.1 Å². The van der Waals surface area contributed by atoms with Crippen LogP contribution in [-0.4, -0.2) is 10.9 Å². The average Bonchev–Trinajstić information content (AvgIpc) is 2.52. The minimum atomic E-state index is 0.376. The molecule has 0 spiro atoms. The van der Waals surface area contributed by atoms with E-state index in [2.05, 4.69) is 25.9 Å². The van der Waals surface area contributed by atoms with Gasteiger partial charge < -0.3 is 5.21 Å². The van der Waals surface area contributed by atoms with Crippen LogP contribution in [0.1, 0.15) is 27.8 Å². The quantitative estimate of drug-likeness (QED) is 0.501. The molecule has 0 radical (unpaired) electrons. The van der Waals surface area contributed by atoms with E-state index < -0.39 is 0 Å². The molecule has 3 heteroatoms. The molecule has 1 atom stereocenters. The van der Waals surface area contributed by atoms with E-state index >= 15 is 0 Å². The van der Waals surface area contributed by atoms with Crippen molar-refractivity contribution in [2.45, 2.75) is 27.2 Å². The van der Waals surface area contributed by atoms with Gasteiger partial charge in [0, 0.05) is 21.2 Å². The predicted molar refractivity (Wildman–Crippen MR) is 55.0 cm³/mol. The van der Waals surface area contributed by atoms with E-state index in [4.69, 9.17) is 5.21 Å². The number of hydrogen-bond acceptors (Lipinski definition) is 3. The number of hydrogen-bond donors (Lipinski definition) is 1. The molecule has 0 bridgehead atoms. The summed E-state index contributed by atoms with van der Waals surface area (Å²) < 4.78 is 0. The molecule has 1 N–H and O–H groups in total. The zero-order valence-corrected chi connectivity index (χ0v) is 8.90. The van der Waals surface area contributed by atoms with E-state index in [1.807, 2.05) is 0 Å². The first kappa shape index (κ1) is 8.75. The molecule has 13 heavy (non-hydrogen) atoms. The van der Waals surface area contributed by atoms with Crippen LogP contribution in [0.2, 0.25) is 0 Å². The Balaban J connectivity index is 2.63. The molecule has 0 aliphatic heterocycles. The number of nitrogens with zero attached hydrogens (tertiary/aromatic N) is 1. The minimum absolute atomic E-state index is 0.376. The Morgan fingerprint density at radius 2 is 2.08 bits per heavy atom. The van der Waals surface area contributed by atoms with Crippen LogP contribution >= 0.6 is 11.3 Å². The lowest BCUT2D eigenvalue weighted by molar-refractivity contribution is 0.316. The highest BCUT2D eigenvalue weighted by Crippen LogP contribution is 2.37. The molecular formula is C10H13NOS. The van der Waals surface area contributed by atoms with Gasteiger partial charge in [-0.2, -0.15) is 0 Å². The van der Waals surface area contributed by atoms with E-state index in [1.165, 1.54) is 20.9 Å². The molecule has 2 nitrogen and oxygen atoms in total. The van der Waals surface area contributed by atoms with Crippen molar-refractivity contribution < 1.29 is 5.21 Å². The van der Waals surface area contributed by atoms with Crippen molar-refractivity contribution in [3.8, 4) is 0 Å². The third-order valence-electron chi connectivity index (χ3n) is 2.73. The molecule has 0 aromatic carbocycles. The third-order valence-corrected chi connectivity index (χ3v) is 3.79. The fourth-order valence-electron chi connectivity index (χ4n) is 2.11. The summed E-state index contributed by atoms with van der Waals surface area (Å²) >= 11 is 1.80. The van der Waals surface area contributed by atoms with Crippen molar-refractivity contribution in [3.05, 3.63) is 20.9 Å². The smallest absolute Gasteiger partial charge is 0.0913 e. The second kappa shape index (κ2) is 2.84. The van der Waals surface area contributed by atoms with Crippen molar-refractivity contribution in [1.82, 2.24) is 0 Å². The van der Waals surface area contributed by atoms with Gasteiger partial charge in [-0.05, 0) is 25.8 Å². The Morgan fingerprint density at radius 1 is 1.38 bits per heavy atom. The van der Waals surface area contributed by atoms with Crippen LogP contribution in [0.5, 0.6) is 0 Å². The zero-order valence-electron chi connectivity index (χ0n) is 8.09. The van der Waals surface area contributed by atoms with Gasteiger partial charge in [-0.15, -0.1) is 11.3 Å². The van der Waals surface area contributed by atoms with Crippen LogP contribution < -0.4 is 0 Å². The van der Waals surface area contributed by atoms with Crippen LogP contribution in [0.4, 0.5) is 0 Å². The fraction of sp³-hybridized carbons (Fsp3) is 0.500. The molecule has 0 saturated heterocycles. The summed E-state index contributed by atoms with van der Waals surface area (Å²) in [6, 6.07) is 0. The number of oxime groups is 1. The summed E-state index contributed by atoms with van der Waals surface area (Å²) in [7, 11) is 0. The number of aryl methyl sites for hydroxylation is 2. The molecule has 2 rings (SSSR count). The molecule has 0 amide bonds. The first-order chi connectivity index (χ1) is 6.15. The Morgan fingerprint density at radius 3 is 2.69 bits per heavy atom. The van der Waals surface area contributed by atoms with Gasteiger partial charge >= 0.3 is 0 Å². The largest absolute Gasteiger partial charge is 0.411 e. The van der Waals surface area contributed by atoms with Gasteiger partial charge in [-0.25, -0.2) is 0 Å². The molecule has 1 aliphatic carbocycles. The van der Waals surface area contributed by atoms with Gasteiger partial charge in [0.25, 0.3) is 0 Å². The highest BCUT2D eigenvalue weighted by Gasteiger charge is 2.30. The van der Waals surface area contributed by atoms with Gasteiger partial charge in [-0.3, -0.25) is 0 Å². The van der Waals surface area contributed by atoms with Crippen LogP contribution in [0.3, 0.4) is 0 Å². The predicted octanol–water partition coefficient (Wildman–Crippen LogP) is 2.74. The summed E-state index contributed by atoms with van der Waals surface area (Å²) in [5.41, 5.74) is 3.47. The minimum Gasteiger partial charge on any atom is -0.411 e. The van der Waals surface area contributed by atoms with Crippen molar-refractivity contribution >= 4 is 17.0 Å². The van der Waals surface area contributed by atoms with E-state index in [9.17, 15) is 0 Å². The van der Waals surface area contributed by atoms with Crippen molar-refractivity contribution in [3.63, 3.8) is 0 Å². The first-order valence-corrected chi connectivity index (χ1v) is 5.28. The maximum Gasteiger partial charge on any atom is 0.0913 e. The van der Waals surface area contributed by atoms with Gasteiger partial charge in [0.1, 0.15) is 0 Å². The molecular weight excluding hydrogens is 182 g/mol. The number of rotatable bonds is 0. The Bertz CT molecular complexity index is 379. The molecule has 70 valence electrons. The molecule has 1 aliphatic rings. The maximum absolute atomic E-state index is 8.91. The van der Waals surface area contributed by atoms with Crippen LogP contribution in [-0.2, 0) is 6.42 Å². The number of thiophene rings is 1. The Labute approximate surface area is 81.9 Å². The standard InChI is InChI=1S/C10H13NOS/c1-5-4-8-6(2)13-7(3)9(8)10(5)11-12/h5,12H,4H2,1-3H3/b11-10+. The molecule has 1 heterocycles. The van der Waals surface area contributed by atoms with Gasteiger partial charge in [0.2, 0.25) is 0 Å². The lowest BCUT2D eigenvalue weighted by Crippen LogP contribution is -2.06. The topological polar surface area (TPSA) is 32.6 Å². The molecule has 0 fully saturated rings. The lowest BCUT2D eigenvalue weighted by Gasteiger charge is -2.01. The SMILES string of the molecule is Cc1sc(C)c2c1CC(C)/C2=N\O. The van der Waals surface area contributed by atoms with Crippen molar-refractivity contribution in [1.29, 1.82) is 0 Å². The van der Waals surface area contributed by atoms with Gasteiger partial charge in [0.15, 0.2) is 0 Å². The van der Waals surface area contributed by atoms with Gasteiger partial charge in [-0.1, -0.05) is 12.1 Å². The van der Waals surface area contributed by atoms with Crippen LogP contribution in [0.25, 0.3) is 0 Å². The molecule has 1 aromatic rings. The van der Waals surface area contributed by atoms with Crippen molar-refractivity contribution in [2.75, 3.05) is 0 Å². The molecule has 0 saturated carbocycles. The highest BCUT2D eigenvalue weighted by atomic mass is 32.1. The van der Waals surface area contributed by atoms with Crippen molar-refractivity contribution in [2.24, 2.45) is 11.1 Å². The zero-order chi connectivity index (χ0) is 9.59. The molecule has 1 unspecified atom stereocenters. The monoisotopic (exact) mass is 195 g/mol. The van der Waals surface area contributed by atoms with Gasteiger partial charge in [0.05, 0.1) is 5.71 Å². The lowest BCUT2D eigenvalue weighted by atomic mass is 10.1. The highest BCUT2D eigenvalue weighted by molar-refractivity contribution is 7.12. The summed E-state index contributed by atoms with van der Waals surface area (Å²) in [5, 5.41) is 12.3. The van der Waals surface area contributed by atoms with E-state index in [1.54, 1.807) is 11.3 Å². The average molecular weight is 195 g/mol. The van der Waals surface area contributed by atoms with E-state index in [0.29, 0.717) is 5.92 Å². The summed E-state index contributed by atoms with van der Waals surface area (Å²) in [5.74, 6) is 0.376. The van der Waals surface area contributed by atoms with Crippen LogP contribution in [0, 0.1) is 19.8 Å². The normalized spacial score (nSPS) is 23.9. The third kappa shape index (κ3) is 1.10. The Kier molecular flexibility index (Phi) is 1.91. The summed E-state index contributed by atoms with van der Waals surface area (Å²) in [6.45, 7) is 6.35. The molecule has 1 aromatic heterocycles. The number of fused-ring (bicyclic) bond motifs is 1. The Hall–Kier alpha value is -0.830. The summed E-state index contributed by atoms with van der Waals surface area (Å²) in [6.07, 6.45) is 1.03.